The van der Waals surface area contributed by atoms with Crippen LogP contribution in [0, 0.1) is 5.41 Å². The monoisotopic (exact) mass is 482 g/mol. The van der Waals surface area contributed by atoms with Crippen molar-refractivity contribution in [2.24, 2.45) is 5.41 Å². The second kappa shape index (κ2) is 11.8. The highest BCUT2D eigenvalue weighted by atomic mass is 16.5. The Balaban J connectivity index is 1.47. The maximum absolute atomic E-state index is 12.4. The third-order valence-electron chi connectivity index (χ3n) is 6.28. The molecule has 3 N–H and O–H groups in total. The maximum Gasteiger partial charge on any atom is 0.407 e. The highest BCUT2D eigenvalue weighted by molar-refractivity contribution is 5.79. The van der Waals surface area contributed by atoms with Gasteiger partial charge in [0.15, 0.2) is 0 Å². The van der Waals surface area contributed by atoms with Gasteiger partial charge in [-0.1, -0.05) is 48.5 Å². The van der Waals surface area contributed by atoms with E-state index in [9.17, 15) is 14.4 Å². The number of carboxylic acids is 1. The Morgan fingerprint density at radius 1 is 1.00 bits per heavy atom. The van der Waals surface area contributed by atoms with Gasteiger partial charge < -0.3 is 25.2 Å². The lowest BCUT2D eigenvalue weighted by molar-refractivity contribution is -0.147. The molecule has 0 heterocycles. The third-order valence-corrected chi connectivity index (χ3v) is 6.28. The first kappa shape index (κ1) is 26.2. The summed E-state index contributed by atoms with van der Waals surface area (Å²) in [6.45, 7) is 6.00. The molecule has 1 aliphatic rings. The lowest BCUT2D eigenvalue weighted by atomic mass is 9.90. The van der Waals surface area contributed by atoms with E-state index in [-0.39, 0.29) is 37.9 Å². The van der Waals surface area contributed by atoms with Crippen LogP contribution in [0.2, 0.25) is 0 Å². The van der Waals surface area contributed by atoms with Crippen LogP contribution in [0.5, 0.6) is 0 Å². The van der Waals surface area contributed by atoms with E-state index in [4.69, 9.17) is 14.6 Å². The molecule has 0 aromatic heterocycles. The lowest BCUT2D eigenvalue weighted by Crippen LogP contribution is -2.39. The molecule has 35 heavy (non-hydrogen) atoms. The van der Waals surface area contributed by atoms with Gasteiger partial charge in [-0.05, 0) is 49.4 Å². The Labute approximate surface area is 206 Å². The Hall–Kier alpha value is -3.39. The zero-order valence-electron chi connectivity index (χ0n) is 20.5. The predicted octanol–water partition coefficient (Wildman–Crippen LogP) is 3.94. The fourth-order valence-corrected chi connectivity index (χ4v) is 4.17. The number of hydrogen-bond acceptors (Lipinski definition) is 5. The fourth-order valence-electron chi connectivity index (χ4n) is 4.17. The Bertz CT molecular complexity index is 1010. The van der Waals surface area contributed by atoms with Crippen LogP contribution in [0.15, 0.2) is 48.5 Å². The first-order chi connectivity index (χ1) is 16.7. The van der Waals surface area contributed by atoms with Crippen LogP contribution in [0.4, 0.5) is 4.79 Å². The average Bonchev–Trinajstić information content (AvgIpc) is 3.15. The molecule has 1 atom stereocenters. The number of amides is 2. The third kappa shape index (κ3) is 6.82. The van der Waals surface area contributed by atoms with E-state index in [1.165, 1.54) is 0 Å². The van der Waals surface area contributed by atoms with E-state index in [0.717, 1.165) is 22.3 Å². The van der Waals surface area contributed by atoms with Gasteiger partial charge in [-0.25, -0.2) is 4.79 Å². The molecule has 0 saturated carbocycles. The van der Waals surface area contributed by atoms with Crippen molar-refractivity contribution >= 4 is 18.0 Å². The van der Waals surface area contributed by atoms with Crippen molar-refractivity contribution in [2.45, 2.75) is 45.6 Å². The number of carboxylic acid groups (broad SMARTS) is 1. The van der Waals surface area contributed by atoms with E-state index in [1.807, 2.05) is 31.2 Å². The van der Waals surface area contributed by atoms with Gasteiger partial charge >= 0.3 is 12.1 Å². The topological polar surface area (TPSA) is 114 Å². The molecule has 0 aliphatic heterocycles. The van der Waals surface area contributed by atoms with Crippen LogP contribution in [-0.4, -0.2) is 55.5 Å². The van der Waals surface area contributed by atoms with Crippen LogP contribution < -0.4 is 10.6 Å². The normalized spacial score (nSPS) is 13.5. The molecule has 188 valence electrons. The van der Waals surface area contributed by atoms with Crippen molar-refractivity contribution in [3.05, 3.63) is 59.7 Å². The molecule has 8 heteroatoms. The molecule has 1 aliphatic carbocycles. The molecular formula is C27H34N2O6. The molecule has 2 aromatic rings. The molecule has 2 aromatic carbocycles. The molecule has 0 radical (unpaired) electrons. The highest BCUT2D eigenvalue weighted by Crippen LogP contribution is 2.44. The summed E-state index contributed by atoms with van der Waals surface area (Å²) in [7, 11) is 0. The number of alkyl carbamates (subject to hydrolysis) is 1. The van der Waals surface area contributed by atoms with Gasteiger partial charge in [0, 0.05) is 25.6 Å². The zero-order chi connectivity index (χ0) is 25.4. The number of hydrogen-bond donors (Lipinski definition) is 3. The fraction of sp³-hybridized carbons (Fsp3) is 0.444. The van der Waals surface area contributed by atoms with Gasteiger partial charge in [-0.15, -0.1) is 0 Å². The molecule has 0 bridgehead atoms. The summed E-state index contributed by atoms with van der Waals surface area (Å²) in [6.07, 6.45) is -0.732. The van der Waals surface area contributed by atoms with Crippen molar-refractivity contribution in [3.63, 3.8) is 0 Å². The SMILES string of the molecule is CCOC(CNC(=O)OCC1c2ccccc2-c2ccccc21)CC(=O)NCCC(C)(C)C(=O)O. The Morgan fingerprint density at radius 3 is 2.17 bits per heavy atom. The van der Waals surface area contributed by atoms with Crippen LogP contribution in [0.1, 0.15) is 50.7 Å². The minimum atomic E-state index is -0.918. The first-order valence-corrected chi connectivity index (χ1v) is 11.9. The van der Waals surface area contributed by atoms with E-state index in [2.05, 4.69) is 34.9 Å². The number of ether oxygens (including phenoxy) is 2. The number of fused-ring (bicyclic) bond motifs is 3. The number of carbonyl (C=O) groups excluding carboxylic acids is 2. The van der Waals surface area contributed by atoms with Gasteiger partial charge in [-0.2, -0.15) is 0 Å². The van der Waals surface area contributed by atoms with Crippen LogP contribution in [-0.2, 0) is 19.1 Å². The quantitative estimate of drug-likeness (QED) is 0.422. The summed E-state index contributed by atoms with van der Waals surface area (Å²) in [5.74, 6) is -1.21. The largest absolute Gasteiger partial charge is 0.481 e. The minimum absolute atomic E-state index is 0.0309. The standard InChI is InChI=1S/C27H34N2O6/c1-4-34-18(15-24(30)28-14-13-27(2,3)25(31)32)16-29-26(33)35-17-23-21-11-7-5-9-19(21)20-10-6-8-12-22(20)23/h5-12,18,23H,4,13-17H2,1-3H3,(H,28,30)(H,29,33)(H,31,32). The van der Waals surface area contributed by atoms with E-state index >= 15 is 0 Å². The summed E-state index contributed by atoms with van der Waals surface area (Å²) in [5.41, 5.74) is 3.67. The summed E-state index contributed by atoms with van der Waals surface area (Å²) in [4.78, 5) is 35.9. The Morgan fingerprint density at radius 2 is 1.60 bits per heavy atom. The summed E-state index contributed by atoms with van der Waals surface area (Å²) < 4.78 is 11.1. The number of aliphatic carboxylic acids is 1. The van der Waals surface area contributed by atoms with Gasteiger partial charge in [0.05, 0.1) is 17.9 Å². The maximum atomic E-state index is 12.4. The minimum Gasteiger partial charge on any atom is -0.481 e. The highest BCUT2D eigenvalue weighted by Gasteiger charge is 2.29. The number of benzene rings is 2. The predicted molar refractivity (Wildman–Crippen MR) is 132 cm³/mol. The average molecular weight is 483 g/mol. The van der Waals surface area contributed by atoms with Gasteiger partial charge in [0.25, 0.3) is 0 Å². The first-order valence-electron chi connectivity index (χ1n) is 11.9. The van der Waals surface area contributed by atoms with E-state index in [1.54, 1.807) is 13.8 Å². The molecule has 2 amide bonds. The molecule has 8 nitrogen and oxygen atoms in total. The van der Waals surface area contributed by atoms with Gasteiger partial charge in [-0.3, -0.25) is 9.59 Å². The van der Waals surface area contributed by atoms with Crippen molar-refractivity contribution < 1.29 is 29.0 Å². The van der Waals surface area contributed by atoms with Gasteiger partial charge in [0.1, 0.15) is 6.61 Å². The molecule has 0 spiro atoms. The van der Waals surface area contributed by atoms with Crippen molar-refractivity contribution in [1.82, 2.24) is 10.6 Å². The molecule has 1 unspecified atom stereocenters. The van der Waals surface area contributed by atoms with Crippen LogP contribution in [0.25, 0.3) is 11.1 Å². The van der Waals surface area contributed by atoms with Gasteiger partial charge in [0.2, 0.25) is 5.91 Å². The van der Waals surface area contributed by atoms with Crippen molar-refractivity contribution in [2.75, 3.05) is 26.3 Å². The summed E-state index contributed by atoms with van der Waals surface area (Å²) in [5, 5.41) is 14.6. The molecule has 3 rings (SSSR count). The van der Waals surface area contributed by atoms with E-state index < -0.39 is 23.6 Å². The second-order valence-corrected chi connectivity index (χ2v) is 9.28. The number of nitrogens with one attached hydrogen (secondary N) is 2. The summed E-state index contributed by atoms with van der Waals surface area (Å²) in [6, 6.07) is 16.2. The van der Waals surface area contributed by atoms with Crippen LogP contribution >= 0.6 is 0 Å². The number of carbonyl (C=O) groups is 3. The lowest BCUT2D eigenvalue weighted by Gasteiger charge is -2.20. The van der Waals surface area contributed by atoms with E-state index in [0.29, 0.717) is 13.0 Å². The van der Waals surface area contributed by atoms with Crippen LogP contribution in [0.3, 0.4) is 0 Å². The molecule has 0 fully saturated rings. The molecular weight excluding hydrogens is 448 g/mol. The van der Waals surface area contributed by atoms with Crippen molar-refractivity contribution in [1.29, 1.82) is 0 Å². The van der Waals surface area contributed by atoms with Crippen molar-refractivity contribution in [3.8, 4) is 11.1 Å². The Kier molecular flexibility index (Phi) is 8.87. The number of rotatable bonds is 12. The summed E-state index contributed by atoms with van der Waals surface area (Å²) >= 11 is 0. The zero-order valence-corrected chi connectivity index (χ0v) is 20.5. The second-order valence-electron chi connectivity index (χ2n) is 9.28. The smallest absolute Gasteiger partial charge is 0.407 e. The molecule has 0 saturated heterocycles.